The third-order valence-electron chi connectivity index (χ3n) is 3.73. The zero-order chi connectivity index (χ0) is 18.0. The molecule has 0 fully saturated rings. The number of hydrogen-bond acceptors (Lipinski definition) is 5. The molecule has 1 atom stereocenters. The molecule has 2 aromatic rings. The number of allylic oxidation sites excluding steroid dienone is 1. The van der Waals surface area contributed by atoms with E-state index in [2.05, 4.69) is 0 Å². The van der Waals surface area contributed by atoms with Crippen molar-refractivity contribution in [2.75, 3.05) is 7.11 Å². The number of carbonyl (C=O) groups is 2. The van der Waals surface area contributed by atoms with Crippen LogP contribution in [-0.4, -0.2) is 30.1 Å². The Bertz CT molecular complexity index is 868. The highest BCUT2D eigenvalue weighted by atomic mass is 16.5. The number of benzene rings is 2. The van der Waals surface area contributed by atoms with Gasteiger partial charge >= 0.3 is 5.97 Å². The molecule has 0 aliphatic carbocycles. The topological polar surface area (TPSA) is 82.1 Å². The lowest BCUT2D eigenvalue weighted by Gasteiger charge is -2.10. The first kappa shape index (κ1) is 16.6. The zero-order valence-corrected chi connectivity index (χ0v) is 13.7. The molecule has 1 aliphatic rings. The SMILES string of the molecule is COc1ccccc1C=C1Oc2cc(O[C@H](C)C(=O)O)ccc2C1=O. The van der Waals surface area contributed by atoms with Gasteiger partial charge in [0.2, 0.25) is 5.78 Å². The highest BCUT2D eigenvalue weighted by Crippen LogP contribution is 2.35. The van der Waals surface area contributed by atoms with E-state index in [1.54, 1.807) is 31.4 Å². The summed E-state index contributed by atoms with van der Waals surface area (Å²) in [6.45, 7) is 1.43. The van der Waals surface area contributed by atoms with E-state index >= 15 is 0 Å². The molecule has 25 heavy (non-hydrogen) atoms. The summed E-state index contributed by atoms with van der Waals surface area (Å²) < 4.78 is 16.2. The number of para-hydroxylation sites is 1. The van der Waals surface area contributed by atoms with Crippen LogP contribution in [0.3, 0.4) is 0 Å². The number of ketones is 1. The lowest BCUT2D eigenvalue weighted by atomic mass is 10.1. The van der Waals surface area contributed by atoms with Crippen molar-refractivity contribution in [3.8, 4) is 17.2 Å². The van der Waals surface area contributed by atoms with Gasteiger partial charge in [0.1, 0.15) is 17.2 Å². The third kappa shape index (κ3) is 3.33. The standard InChI is InChI=1S/C19H16O6/c1-11(19(21)22)24-13-7-8-14-16(10-13)25-17(18(14)20)9-12-5-3-4-6-15(12)23-2/h3-11H,1-2H3,(H,21,22)/t11-/m1/s1. The van der Waals surface area contributed by atoms with Crippen LogP contribution >= 0.6 is 0 Å². The fourth-order valence-corrected chi connectivity index (χ4v) is 2.42. The van der Waals surface area contributed by atoms with Gasteiger partial charge in [-0.3, -0.25) is 4.79 Å². The molecule has 0 spiro atoms. The number of carboxylic acids is 1. The summed E-state index contributed by atoms with van der Waals surface area (Å²) in [5, 5.41) is 8.90. The molecule has 1 N–H and O–H groups in total. The second-order valence-electron chi connectivity index (χ2n) is 5.44. The van der Waals surface area contributed by atoms with Gasteiger partial charge in [0.25, 0.3) is 0 Å². The number of Topliss-reactive ketones (excluding diaryl/α,β-unsaturated/α-hetero) is 1. The van der Waals surface area contributed by atoms with E-state index in [1.807, 2.05) is 18.2 Å². The first-order valence-electron chi connectivity index (χ1n) is 7.60. The Labute approximate surface area is 144 Å². The van der Waals surface area contributed by atoms with Crippen molar-refractivity contribution in [1.29, 1.82) is 0 Å². The van der Waals surface area contributed by atoms with E-state index in [0.717, 1.165) is 5.56 Å². The van der Waals surface area contributed by atoms with Gasteiger partial charge in [0.15, 0.2) is 11.9 Å². The number of ether oxygens (including phenoxy) is 3. The van der Waals surface area contributed by atoms with Crippen molar-refractivity contribution in [2.45, 2.75) is 13.0 Å². The minimum Gasteiger partial charge on any atom is -0.496 e. The number of fused-ring (bicyclic) bond motifs is 1. The summed E-state index contributed by atoms with van der Waals surface area (Å²) in [7, 11) is 1.55. The van der Waals surface area contributed by atoms with E-state index in [9.17, 15) is 9.59 Å². The van der Waals surface area contributed by atoms with Gasteiger partial charge in [0.05, 0.1) is 12.7 Å². The molecule has 0 bridgehead atoms. The second-order valence-corrected chi connectivity index (χ2v) is 5.44. The van der Waals surface area contributed by atoms with Crippen LogP contribution in [0.25, 0.3) is 6.08 Å². The van der Waals surface area contributed by atoms with Crippen LogP contribution in [-0.2, 0) is 4.79 Å². The maximum atomic E-state index is 12.5. The Hall–Kier alpha value is -3.28. The van der Waals surface area contributed by atoms with Crippen molar-refractivity contribution in [3.05, 3.63) is 59.4 Å². The Morgan fingerprint density at radius 3 is 2.72 bits per heavy atom. The summed E-state index contributed by atoms with van der Waals surface area (Å²) in [5.41, 5.74) is 1.12. The molecule has 3 rings (SSSR count). The number of aliphatic carboxylic acids is 1. The highest BCUT2D eigenvalue weighted by Gasteiger charge is 2.28. The number of carbonyl (C=O) groups excluding carboxylic acids is 1. The van der Waals surface area contributed by atoms with E-state index in [1.165, 1.54) is 13.0 Å². The van der Waals surface area contributed by atoms with Crippen LogP contribution in [0.1, 0.15) is 22.8 Å². The van der Waals surface area contributed by atoms with Crippen molar-refractivity contribution in [3.63, 3.8) is 0 Å². The monoisotopic (exact) mass is 340 g/mol. The molecule has 0 aromatic heterocycles. The maximum absolute atomic E-state index is 12.5. The van der Waals surface area contributed by atoms with E-state index in [4.69, 9.17) is 19.3 Å². The highest BCUT2D eigenvalue weighted by molar-refractivity contribution is 6.14. The first-order chi connectivity index (χ1) is 12.0. The molecular weight excluding hydrogens is 324 g/mol. The van der Waals surface area contributed by atoms with Gasteiger partial charge in [0, 0.05) is 11.6 Å². The largest absolute Gasteiger partial charge is 0.496 e. The van der Waals surface area contributed by atoms with Crippen LogP contribution < -0.4 is 14.2 Å². The van der Waals surface area contributed by atoms with Crippen molar-refractivity contribution in [1.82, 2.24) is 0 Å². The number of methoxy groups -OCH3 is 1. The summed E-state index contributed by atoms with van der Waals surface area (Å²) in [6.07, 6.45) is 0.612. The van der Waals surface area contributed by atoms with Crippen LogP contribution in [0.15, 0.2) is 48.2 Å². The smallest absolute Gasteiger partial charge is 0.344 e. The molecular formula is C19H16O6. The predicted molar refractivity (Wildman–Crippen MR) is 90.1 cm³/mol. The van der Waals surface area contributed by atoms with E-state index in [-0.39, 0.29) is 11.5 Å². The lowest BCUT2D eigenvalue weighted by Crippen LogP contribution is -2.22. The molecule has 0 saturated heterocycles. The fourth-order valence-electron chi connectivity index (χ4n) is 2.42. The molecule has 6 nitrogen and oxygen atoms in total. The van der Waals surface area contributed by atoms with Gasteiger partial charge in [-0.05, 0) is 31.2 Å². The van der Waals surface area contributed by atoms with Gasteiger partial charge in [-0.1, -0.05) is 18.2 Å². The van der Waals surface area contributed by atoms with Gasteiger partial charge in [-0.15, -0.1) is 0 Å². The Morgan fingerprint density at radius 1 is 1.24 bits per heavy atom. The molecule has 2 aromatic carbocycles. The number of carboxylic acid groups (broad SMARTS) is 1. The van der Waals surface area contributed by atoms with Crippen molar-refractivity contribution < 1.29 is 28.9 Å². The zero-order valence-electron chi connectivity index (χ0n) is 13.7. The average Bonchev–Trinajstić information content (AvgIpc) is 2.90. The molecule has 0 radical (unpaired) electrons. The molecule has 0 saturated carbocycles. The summed E-state index contributed by atoms with van der Waals surface area (Å²) in [6, 6.07) is 11.9. The quantitative estimate of drug-likeness (QED) is 0.842. The minimum atomic E-state index is -1.07. The second kappa shape index (κ2) is 6.68. The van der Waals surface area contributed by atoms with Crippen LogP contribution in [0.2, 0.25) is 0 Å². The van der Waals surface area contributed by atoms with Crippen LogP contribution in [0.4, 0.5) is 0 Å². The Kier molecular flexibility index (Phi) is 4.43. The Balaban J connectivity index is 1.88. The molecule has 6 heteroatoms. The van der Waals surface area contributed by atoms with Gasteiger partial charge in [-0.25, -0.2) is 4.79 Å². The molecule has 128 valence electrons. The van der Waals surface area contributed by atoms with E-state index < -0.39 is 12.1 Å². The lowest BCUT2D eigenvalue weighted by molar-refractivity contribution is -0.144. The molecule has 0 amide bonds. The van der Waals surface area contributed by atoms with E-state index in [0.29, 0.717) is 22.8 Å². The third-order valence-corrected chi connectivity index (χ3v) is 3.73. The normalized spacial score (nSPS) is 15.4. The number of rotatable bonds is 5. The molecule has 0 unspecified atom stereocenters. The molecule has 1 aliphatic heterocycles. The summed E-state index contributed by atoms with van der Waals surface area (Å²) in [4.78, 5) is 23.3. The van der Waals surface area contributed by atoms with Gasteiger partial charge in [-0.2, -0.15) is 0 Å². The summed E-state index contributed by atoms with van der Waals surface area (Å²) in [5.74, 6) is 0.124. The summed E-state index contributed by atoms with van der Waals surface area (Å²) >= 11 is 0. The van der Waals surface area contributed by atoms with Gasteiger partial charge < -0.3 is 19.3 Å². The van der Waals surface area contributed by atoms with Crippen LogP contribution in [0, 0.1) is 0 Å². The fraction of sp³-hybridized carbons (Fsp3) is 0.158. The first-order valence-corrected chi connectivity index (χ1v) is 7.60. The average molecular weight is 340 g/mol. The maximum Gasteiger partial charge on any atom is 0.344 e. The minimum absolute atomic E-state index is 0.169. The molecule has 1 heterocycles. The Morgan fingerprint density at radius 2 is 2.00 bits per heavy atom. The number of hydrogen-bond donors (Lipinski definition) is 1. The van der Waals surface area contributed by atoms with Crippen molar-refractivity contribution >= 4 is 17.8 Å². The van der Waals surface area contributed by atoms with Crippen molar-refractivity contribution in [2.24, 2.45) is 0 Å². The van der Waals surface area contributed by atoms with Crippen LogP contribution in [0.5, 0.6) is 17.2 Å². The predicted octanol–water partition coefficient (Wildman–Crippen LogP) is 3.16.